The third-order valence-corrected chi connectivity index (χ3v) is 2.88. The molecule has 102 valence electrons. The maximum Gasteiger partial charge on any atom is 0.0547 e. The van der Waals surface area contributed by atoms with Gasteiger partial charge < -0.3 is 10.2 Å². The summed E-state index contributed by atoms with van der Waals surface area (Å²) in [5, 5.41) is 3.48. The van der Waals surface area contributed by atoms with E-state index >= 15 is 0 Å². The molecule has 1 N–H and O–H groups in total. The Labute approximate surface area is 112 Å². The molecule has 0 bridgehead atoms. The fraction of sp³-hybridized carbons (Fsp3) is 0.667. The highest BCUT2D eigenvalue weighted by atomic mass is 15.1. The molecule has 1 atom stereocenters. The molecule has 3 heteroatoms. The number of nitrogens with zero attached hydrogens (tertiary/aromatic N) is 2. The predicted molar refractivity (Wildman–Crippen MR) is 77.6 cm³/mol. The summed E-state index contributed by atoms with van der Waals surface area (Å²) in [7, 11) is 2.16. The zero-order valence-electron chi connectivity index (χ0n) is 12.4. The molecule has 0 spiro atoms. The van der Waals surface area contributed by atoms with Crippen molar-refractivity contribution >= 4 is 0 Å². The molecule has 0 saturated carbocycles. The minimum Gasteiger partial charge on any atom is -0.314 e. The highest BCUT2D eigenvalue weighted by Gasteiger charge is 2.08. The van der Waals surface area contributed by atoms with Gasteiger partial charge in [-0.2, -0.15) is 0 Å². The van der Waals surface area contributed by atoms with E-state index in [1.54, 1.807) is 0 Å². The number of pyridine rings is 1. The first-order valence-electron chi connectivity index (χ1n) is 6.82. The summed E-state index contributed by atoms with van der Waals surface area (Å²) < 4.78 is 0. The molecule has 1 aromatic heterocycles. The van der Waals surface area contributed by atoms with Crippen molar-refractivity contribution in [2.24, 2.45) is 5.92 Å². The lowest BCUT2D eigenvalue weighted by molar-refractivity contribution is 0.268. The summed E-state index contributed by atoms with van der Waals surface area (Å²) in [6.07, 6.45) is 0. The Balaban J connectivity index is 2.34. The van der Waals surface area contributed by atoms with Gasteiger partial charge in [-0.15, -0.1) is 0 Å². The van der Waals surface area contributed by atoms with Gasteiger partial charge in [0.2, 0.25) is 0 Å². The standard InChI is InChI=1S/C15H27N3/c1-12(2)16-9-13(3)10-18(5)11-15-8-6-7-14(4)17-15/h6-8,12-13,16H,9-11H2,1-5H3. The molecule has 0 amide bonds. The van der Waals surface area contributed by atoms with Crippen LogP contribution < -0.4 is 5.32 Å². The molecule has 1 rings (SSSR count). The first-order chi connectivity index (χ1) is 8.47. The van der Waals surface area contributed by atoms with Crippen LogP contribution in [0.15, 0.2) is 18.2 Å². The van der Waals surface area contributed by atoms with Gasteiger partial charge in [0.05, 0.1) is 5.69 Å². The number of aromatic nitrogens is 1. The fourth-order valence-corrected chi connectivity index (χ4v) is 2.06. The van der Waals surface area contributed by atoms with E-state index in [-0.39, 0.29) is 0 Å². The second kappa shape index (κ2) is 7.49. The Bertz CT molecular complexity index is 349. The van der Waals surface area contributed by atoms with E-state index < -0.39 is 0 Å². The molecule has 0 saturated heterocycles. The van der Waals surface area contributed by atoms with Crippen LogP contribution in [0, 0.1) is 12.8 Å². The molecule has 3 nitrogen and oxygen atoms in total. The van der Waals surface area contributed by atoms with Crippen LogP contribution in [0.5, 0.6) is 0 Å². The lowest BCUT2D eigenvalue weighted by atomic mass is 10.1. The molecular weight excluding hydrogens is 222 g/mol. The van der Waals surface area contributed by atoms with Gasteiger partial charge in [-0.1, -0.05) is 26.8 Å². The summed E-state index contributed by atoms with van der Waals surface area (Å²) in [6, 6.07) is 6.78. The Morgan fingerprint density at radius 1 is 1.28 bits per heavy atom. The third kappa shape index (κ3) is 6.12. The van der Waals surface area contributed by atoms with Crippen molar-refractivity contribution in [3.8, 4) is 0 Å². The van der Waals surface area contributed by atoms with Crippen LogP contribution in [-0.4, -0.2) is 36.1 Å². The zero-order chi connectivity index (χ0) is 13.5. The van der Waals surface area contributed by atoms with Crippen molar-refractivity contribution in [3.05, 3.63) is 29.6 Å². The van der Waals surface area contributed by atoms with E-state index in [4.69, 9.17) is 0 Å². The van der Waals surface area contributed by atoms with E-state index in [1.165, 1.54) is 0 Å². The molecule has 1 aromatic rings. The van der Waals surface area contributed by atoms with Gasteiger partial charge in [-0.25, -0.2) is 0 Å². The topological polar surface area (TPSA) is 28.2 Å². The van der Waals surface area contributed by atoms with Crippen molar-refractivity contribution < 1.29 is 0 Å². The average molecular weight is 249 g/mol. The molecule has 1 heterocycles. The van der Waals surface area contributed by atoms with Gasteiger partial charge in [0, 0.05) is 24.8 Å². The molecule has 18 heavy (non-hydrogen) atoms. The Morgan fingerprint density at radius 3 is 2.61 bits per heavy atom. The molecule has 0 aromatic carbocycles. The smallest absolute Gasteiger partial charge is 0.0547 e. The number of hydrogen-bond donors (Lipinski definition) is 1. The second-order valence-electron chi connectivity index (χ2n) is 5.64. The summed E-state index contributed by atoms with van der Waals surface area (Å²) in [5.74, 6) is 0.655. The number of nitrogens with one attached hydrogen (secondary N) is 1. The molecule has 0 aliphatic carbocycles. The maximum atomic E-state index is 4.54. The number of hydrogen-bond acceptors (Lipinski definition) is 3. The largest absolute Gasteiger partial charge is 0.314 e. The summed E-state index contributed by atoms with van der Waals surface area (Å²) in [5.41, 5.74) is 2.25. The molecule has 0 radical (unpaired) electrons. The van der Waals surface area contributed by atoms with Crippen molar-refractivity contribution in [2.75, 3.05) is 20.1 Å². The van der Waals surface area contributed by atoms with E-state index in [2.05, 4.69) is 55.2 Å². The zero-order valence-corrected chi connectivity index (χ0v) is 12.4. The van der Waals surface area contributed by atoms with Crippen LogP contribution in [0.3, 0.4) is 0 Å². The van der Waals surface area contributed by atoms with Gasteiger partial charge in [0.15, 0.2) is 0 Å². The normalized spacial score (nSPS) is 13.3. The van der Waals surface area contributed by atoms with Gasteiger partial charge in [-0.3, -0.25) is 4.98 Å². The van der Waals surface area contributed by atoms with Crippen LogP contribution in [-0.2, 0) is 6.54 Å². The van der Waals surface area contributed by atoms with Crippen molar-refractivity contribution in [1.82, 2.24) is 15.2 Å². The highest BCUT2D eigenvalue weighted by molar-refractivity contribution is 5.09. The van der Waals surface area contributed by atoms with E-state index in [0.717, 1.165) is 31.0 Å². The fourth-order valence-electron chi connectivity index (χ4n) is 2.06. The monoisotopic (exact) mass is 249 g/mol. The summed E-state index contributed by atoms with van der Waals surface area (Å²) >= 11 is 0. The van der Waals surface area contributed by atoms with Crippen LogP contribution in [0.4, 0.5) is 0 Å². The molecular formula is C15H27N3. The minimum absolute atomic E-state index is 0.566. The van der Waals surface area contributed by atoms with Crippen LogP contribution in [0.1, 0.15) is 32.2 Å². The predicted octanol–water partition coefficient (Wildman–Crippen LogP) is 2.46. The molecule has 0 aliphatic heterocycles. The highest BCUT2D eigenvalue weighted by Crippen LogP contribution is 2.04. The Kier molecular flexibility index (Phi) is 6.30. The van der Waals surface area contributed by atoms with Gasteiger partial charge in [0.25, 0.3) is 0 Å². The molecule has 1 unspecified atom stereocenters. The van der Waals surface area contributed by atoms with E-state index in [9.17, 15) is 0 Å². The van der Waals surface area contributed by atoms with Crippen LogP contribution in [0.2, 0.25) is 0 Å². The van der Waals surface area contributed by atoms with E-state index in [0.29, 0.717) is 12.0 Å². The molecule has 0 aliphatic rings. The lowest BCUT2D eigenvalue weighted by Gasteiger charge is -2.22. The third-order valence-electron chi connectivity index (χ3n) is 2.88. The number of aryl methyl sites for hydroxylation is 1. The van der Waals surface area contributed by atoms with E-state index in [1.807, 2.05) is 13.0 Å². The second-order valence-corrected chi connectivity index (χ2v) is 5.64. The SMILES string of the molecule is Cc1cccc(CN(C)CC(C)CNC(C)C)n1. The van der Waals surface area contributed by atoms with Gasteiger partial charge in [-0.05, 0) is 38.6 Å². The first-order valence-corrected chi connectivity index (χ1v) is 6.82. The van der Waals surface area contributed by atoms with Crippen LogP contribution >= 0.6 is 0 Å². The first kappa shape index (κ1) is 15.1. The average Bonchev–Trinajstić information content (AvgIpc) is 2.26. The van der Waals surface area contributed by atoms with Crippen LogP contribution in [0.25, 0.3) is 0 Å². The van der Waals surface area contributed by atoms with Gasteiger partial charge in [0.1, 0.15) is 0 Å². The Morgan fingerprint density at radius 2 is 2.00 bits per heavy atom. The van der Waals surface area contributed by atoms with Crippen molar-refractivity contribution in [1.29, 1.82) is 0 Å². The van der Waals surface area contributed by atoms with Gasteiger partial charge >= 0.3 is 0 Å². The maximum absolute atomic E-state index is 4.54. The quantitative estimate of drug-likeness (QED) is 0.804. The van der Waals surface area contributed by atoms with Crippen molar-refractivity contribution in [3.63, 3.8) is 0 Å². The Hall–Kier alpha value is -0.930. The lowest BCUT2D eigenvalue weighted by Crippen LogP contribution is -2.33. The summed E-state index contributed by atoms with van der Waals surface area (Å²) in [6.45, 7) is 11.8. The summed E-state index contributed by atoms with van der Waals surface area (Å²) in [4.78, 5) is 6.88. The minimum atomic E-state index is 0.566. The van der Waals surface area contributed by atoms with Crippen molar-refractivity contribution in [2.45, 2.75) is 40.3 Å². The number of rotatable bonds is 7. The molecule has 0 fully saturated rings.